The van der Waals surface area contributed by atoms with Crippen molar-refractivity contribution in [3.05, 3.63) is 158 Å². The average molecular weight is 643 g/mol. The molecule has 0 saturated carbocycles. The van der Waals surface area contributed by atoms with Gasteiger partial charge in [0.2, 0.25) is 0 Å². The van der Waals surface area contributed by atoms with Crippen molar-refractivity contribution >= 4 is 86.2 Å². The van der Waals surface area contributed by atoms with Crippen molar-refractivity contribution in [3.63, 3.8) is 0 Å². The number of rotatable bonds is 3. The third kappa shape index (κ3) is 3.79. The minimum absolute atomic E-state index is 0.826. The molecule has 11 aromatic rings. The number of para-hydroxylation sites is 4. The third-order valence-corrected chi connectivity index (χ3v) is 11.1. The van der Waals surface area contributed by atoms with Gasteiger partial charge < -0.3 is 4.57 Å². The molecule has 11 rings (SSSR count). The Labute approximate surface area is 284 Å². The second kappa shape index (κ2) is 10.1. The highest BCUT2D eigenvalue weighted by Gasteiger charge is 2.24. The molecule has 0 spiro atoms. The Morgan fingerprint density at radius 2 is 1.10 bits per heavy atom. The summed E-state index contributed by atoms with van der Waals surface area (Å²) in [5, 5.41) is 7.51. The molecule has 0 bridgehead atoms. The molecule has 0 fully saturated rings. The van der Waals surface area contributed by atoms with Crippen LogP contribution < -0.4 is 0 Å². The van der Waals surface area contributed by atoms with Gasteiger partial charge in [-0.2, -0.15) is 0 Å². The zero-order chi connectivity index (χ0) is 32.1. The van der Waals surface area contributed by atoms with Crippen LogP contribution >= 0.6 is 11.3 Å². The lowest BCUT2D eigenvalue weighted by Gasteiger charge is -2.14. The lowest BCUT2D eigenvalue weighted by atomic mass is 10.1. The van der Waals surface area contributed by atoms with Gasteiger partial charge in [0.15, 0.2) is 5.82 Å². The second-order valence-corrected chi connectivity index (χ2v) is 13.6. The molecule has 0 aliphatic carbocycles. The fraction of sp³-hybridized carbons (Fsp3) is 0. The van der Waals surface area contributed by atoms with E-state index in [0.29, 0.717) is 0 Å². The lowest BCUT2D eigenvalue weighted by molar-refractivity contribution is 1.08. The predicted octanol–water partition coefficient (Wildman–Crippen LogP) is 11.9. The fourth-order valence-electron chi connectivity index (χ4n) is 7.76. The second-order valence-electron chi connectivity index (χ2n) is 12.6. The quantitative estimate of drug-likeness (QED) is 0.192. The van der Waals surface area contributed by atoms with Crippen LogP contribution in [0.4, 0.5) is 0 Å². The number of thiophene rings is 1. The molecule has 0 atom stereocenters. The largest absolute Gasteiger partial charge is 0.309 e. The SMILES string of the molecule is c1ccc(-c2nc3ccccc3nc2-n2c3cc4c(cc3c3c5sc6ccccc6c5ccc32)c2ccccc2n4-c2ccccc2)cc1. The topological polar surface area (TPSA) is 35.6 Å². The molecule has 7 aromatic carbocycles. The van der Waals surface area contributed by atoms with Crippen LogP contribution in [0.15, 0.2) is 158 Å². The van der Waals surface area contributed by atoms with E-state index in [1.807, 2.05) is 29.5 Å². The molecular weight excluding hydrogens is 617 g/mol. The summed E-state index contributed by atoms with van der Waals surface area (Å²) in [4.78, 5) is 10.7. The molecule has 4 aromatic heterocycles. The van der Waals surface area contributed by atoms with E-state index in [1.165, 1.54) is 47.2 Å². The van der Waals surface area contributed by atoms with Crippen LogP contribution in [-0.4, -0.2) is 19.1 Å². The first-order chi connectivity index (χ1) is 24.3. The first-order valence-electron chi connectivity index (χ1n) is 16.5. The van der Waals surface area contributed by atoms with Gasteiger partial charge in [0.1, 0.15) is 5.69 Å². The van der Waals surface area contributed by atoms with E-state index in [4.69, 9.17) is 9.97 Å². The van der Waals surface area contributed by atoms with Crippen molar-refractivity contribution in [2.75, 3.05) is 0 Å². The number of aromatic nitrogens is 4. The van der Waals surface area contributed by atoms with Crippen molar-refractivity contribution in [2.24, 2.45) is 0 Å². The minimum atomic E-state index is 0.826. The van der Waals surface area contributed by atoms with E-state index >= 15 is 0 Å². The highest BCUT2D eigenvalue weighted by atomic mass is 32.1. The van der Waals surface area contributed by atoms with Crippen LogP contribution in [0, 0.1) is 0 Å². The number of nitrogens with zero attached hydrogens (tertiary/aromatic N) is 4. The normalized spacial score (nSPS) is 12.1. The van der Waals surface area contributed by atoms with E-state index in [1.54, 1.807) is 0 Å². The summed E-state index contributed by atoms with van der Waals surface area (Å²) in [6.45, 7) is 0. The van der Waals surface area contributed by atoms with Crippen LogP contribution in [0.1, 0.15) is 0 Å². The molecule has 0 unspecified atom stereocenters. The molecule has 4 nitrogen and oxygen atoms in total. The van der Waals surface area contributed by atoms with Gasteiger partial charge in [-0.15, -0.1) is 11.3 Å². The fourth-order valence-corrected chi connectivity index (χ4v) is 9.02. The molecule has 0 aliphatic rings. The van der Waals surface area contributed by atoms with E-state index in [9.17, 15) is 0 Å². The Kier molecular flexibility index (Phi) is 5.51. The van der Waals surface area contributed by atoms with Gasteiger partial charge in [0.25, 0.3) is 0 Å². The van der Waals surface area contributed by atoms with Crippen molar-refractivity contribution in [2.45, 2.75) is 0 Å². The Bertz CT molecular complexity index is 3100. The summed E-state index contributed by atoms with van der Waals surface area (Å²) in [5.74, 6) is 0.826. The summed E-state index contributed by atoms with van der Waals surface area (Å²) >= 11 is 1.87. The number of fused-ring (bicyclic) bond motifs is 11. The van der Waals surface area contributed by atoms with Crippen LogP contribution in [0.25, 0.3) is 97.6 Å². The summed E-state index contributed by atoms with van der Waals surface area (Å²) in [7, 11) is 0. The van der Waals surface area contributed by atoms with Gasteiger partial charge in [-0.05, 0) is 54.6 Å². The Balaban J connectivity index is 1.38. The van der Waals surface area contributed by atoms with Crippen molar-refractivity contribution in [1.29, 1.82) is 0 Å². The third-order valence-electron chi connectivity index (χ3n) is 9.89. The van der Waals surface area contributed by atoms with Gasteiger partial charge in [0.05, 0.1) is 33.1 Å². The van der Waals surface area contributed by atoms with Crippen LogP contribution in [0.2, 0.25) is 0 Å². The van der Waals surface area contributed by atoms with E-state index in [0.717, 1.165) is 50.3 Å². The smallest absolute Gasteiger partial charge is 0.165 e. The van der Waals surface area contributed by atoms with E-state index in [2.05, 4.69) is 149 Å². The molecule has 0 N–H and O–H groups in total. The Morgan fingerprint density at radius 1 is 0.429 bits per heavy atom. The molecule has 5 heteroatoms. The Hall–Kier alpha value is -6.30. The van der Waals surface area contributed by atoms with Gasteiger partial charge in [-0.1, -0.05) is 103 Å². The number of hydrogen-bond acceptors (Lipinski definition) is 3. The van der Waals surface area contributed by atoms with Crippen LogP contribution in [0.3, 0.4) is 0 Å². The standard InChI is InChI=1S/C44H26N4S/c1-3-13-27(14-4-1)42-44(46-35-20-10-9-19-34(35)45-42)48-37-24-23-31-30-18-8-12-22-40(30)49-43(31)41(37)33-25-32-29-17-7-11-21-36(29)47(38(32)26-39(33)48)28-15-5-2-6-16-28/h1-26H. The zero-order valence-electron chi connectivity index (χ0n) is 26.2. The molecule has 228 valence electrons. The predicted molar refractivity (Wildman–Crippen MR) is 207 cm³/mol. The van der Waals surface area contributed by atoms with Crippen molar-refractivity contribution in [3.8, 4) is 22.8 Å². The van der Waals surface area contributed by atoms with Gasteiger partial charge in [-0.3, -0.25) is 4.57 Å². The van der Waals surface area contributed by atoms with E-state index < -0.39 is 0 Å². The molecular formula is C44H26N4S. The molecule has 0 aliphatic heterocycles. The number of hydrogen-bond donors (Lipinski definition) is 0. The average Bonchev–Trinajstić information content (AvgIpc) is 3.81. The van der Waals surface area contributed by atoms with Gasteiger partial charge in [-0.25, -0.2) is 9.97 Å². The van der Waals surface area contributed by atoms with Crippen LogP contribution in [0.5, 0.6) is 0 Å². The summed E-state index contributed by atoms with van der Waals surface area (Å²) < 4.78 is 7.35. The molecule has 0 amide bonds. The lowest BCUT2D eigenvalue weighted by Crippen LogP contribution is -2.03. The van der Waals surface area contributed by atoms with E-state index in [-0.39, 0.29) is 0 Å². The highest BCUT2D eigenvalue weighted by Crippen LogP contribution is 2.46. The molecule has 4 heterocycles. The van der Waals surface area contributed by atoms with Crippen molar-refractivity contribution in [1.82, 2.24) is 19.1 Å². The number of benzene rings is 7. The molecule has 49 heavy (non-hydrogen) atoms. The summed E-state index contributed by atoms with van der Waals surface area (Å²) in [6.07, 6.45) is 0. The first-order valence-corrected chi connectivity index (χ1v) is 17.3. The van der Waals surface area contributed by atoms with Crippen LogP contribution in [-0.2, 0) is 0 Å². The minimum Gasteiger partial charge on any atom is -0.309 e. The van der Waals surface area contributed by atoms with Gasteiger partial charge in [0, 0.05) is 53.0 Å². The molecule has 0 saturated heterocycles. The maximum atomic E-state index is 5.42. The monoisotopic (exact) mass is 642 g/mol. The maximum Gasteiger partial charge on any atom is 0.165 e. The Morgan fingerprint density at radius 3 is 1.94 bits per heavy atom. The molecule has 0 radical (unpaired) electrons. The summed E-state index contributed by atoms with van der Waals surface area (Å²) in [6, 6.07) is 56.2. The first kappa shape index (κ1) is 26.7. The maximum absolute atomic E-state index is 5.42. The zero-order valence-corrected chi connectivity index (χ0v) is 27.0. The highest BCUT2D eigenvalue weighted by molar-refractivity contribution is 7.26. The van der Waals surface area contributed by atoms with Gasteiger partial charge >= 0.3 is 0 Å². The van der Waals surface area contributed by atoms with Crippen molar-refractivity contribution < 1.29 is 0 Å². The summed E-state index contributed by atoms with van der Waals surface area (Å²) in [5.41, 5.74) is 9.36.